The number of aromatic amines is 1. The minimum Gasteiger partial charge on any atom is -0.364 e. The van der Waals surface area contributed by atoms with Gasteiger partial charge in [0, 0.05) is 34.2 Å². The standard InChI is InChI=1S/C22H27N5/c1-13-14(2)23-20-5-4-17(12-18(13)20)19-6-7-21(26-25-19)24-22-15(3)27-10-8-16(22)9-11-27/h4-7,12,15-16,22-23H,8-11H2,1-3H3,(H,24,26). The van der Waals surface area contributed by atoms with Crippen LogP contribution < -0.4 is 5.32 Å². The molecule has 3 aliphatic heterocycles. The van der Waals surface area contributed by atoms with Crippen LogP contribution >= 0.6 is 0 Å². The van der Waals surface area contributed by atoms with Gasteiger partial charge in [0.25, 0.3) is 0 Å². The highest BCUT2D eigenvalue weighted by Gasteiger charge is 2.39. The maximum atomic E-state index is 4.51. The number of rotatable bonds is 3. The number of piperidine rings is 3. The van der Waals surface area contributed by atoms with Crippen LogP contribution in [-0.4, -0.2) is 45.3 Å². The molecule has 6 rings (SSSR count). The van der Waals surface area contributed by atoms with Gasteiger partial charge in [0.1, 0.15) is 5.82 Å². The van der Waals surface area contributed by atoms with Gasteiger partial charge >= 0.3 is 0 Å². The first-order valence-corrected chi connectivity index (χ1v) is 10.0. The number of benzene rings is 1. The summed E-state index contributed by atoms with van der Waals surface area (Å²) in [5.41, 5.74) is 5.73. The van der Waals surface area contributed by atoms with Crippen molar-refractivity contribution < 1.29 is 0 Å². The molecule has 5 heterocycles. The molecule has 140 valence electrons. The van der Waals surface area contributed by atoms with Gasteiger partial charge in [-0.25, -0.2) is 0 Å². The molecule has 3 fully saturated rings. The second kappa shape index (κ2) is 6.34. The SMILES string of the molecule is Cc1[nH]c2ccc(-c3ccc(NC4C5CCN(CC5)C4C)nn3)cc2c1C. The van der Waals surface area contributed by atoms with E-state index in [-0.39, 0.29) is 0 Å². The molecule has 27 heavy (non-hydrogen) atoms. The molecule has 2 N–H and O–H groups in total. The summed E-state index contributed by atoms with van der Waals surface area (Å²) in [6.07, 6.45) is 2.59. The summed E-state index contributed by atoms with van der Waals surface area (Å²) in [5, 5.41) is 13.9. The zero-order valence-corrected chi connectivity index (χ0v) is 16.3. The van der Waals surface area contributed by atoms with E-state index >= 15 is 0 Å². The van der Waals surface area contributed by atoms with Crippen molar-refractivity contribution in [1.29, 1.82) is 0 Å². The average Bonchev–Trinajstić information content (AvgIpc) is 2.99. The van der Waals surface area contributed by atoms with Gasteiger partial charge in [0.15, 0.2) is 0 Å². The highest BCUT2D eigenvalue weighted by atomic mass is 15.2. The smallest absolute Gasteiger partial charge is 0.148 e. The number of nitrogens with zero attached hydrogens (tertiary/aromatic N) is 3. The maximum absolute atomic E-state index is 4.51. The Bertz CT molecular complexity index is 964. The third-order valence-electron chi connectivity index (χ3n) is 6.76. The van der Waals surface area contributed by atoms with Crippen molar-refractivity contribution in [3.63, 3.8) is 0 Å². The maximum Gasteiger partial charge on any atom is 0.148 e. The molecular weight excluding hydrogens is 334 g/mol. The summed E-state index contributed by atoms with van der Waals surface area (Å²) >= 11 is 0. The van der Waals surface area contributed by atoms with E-state index in [1.807, 2.05) is 0 Å². The van der Waals surface area contributed by atoms with E-state index in [0.29, 0.717) is 12.1 Å². The van der Waals surface area contributed by atoms with Crippen molar-refractivity contribution >= 4 is 16.7 Å². The first-order valence-electron chi connectivity index (χ1n) is 10.0. The molecule has 0 radical (unpaired) electrons. The number of H-pyrrole nitrogens is 1. The van der Waals surface area contributed by atoms with Crippen LogP contribution in [0.5, 0.6) is 0 Å². The number of fused-ring (bicyclic) bond motifs is 4. The Morgan fingerprint density at radius 3 is 2.59 bits per heavy atom. The molecule has 1 aromatic carbocycles. The van der Waals surface area contributed by atoms with Crippen molar-refractivity contribution in [3.05, 3.63) is 41.6 Å². The number of aryl methyl sites for hydroxylation is 2. The molecule has 2 bridgehead atoms. The van der Waals surface area contributed by atoms with Crippen LogP contribution in [0.2, 0.25) is 0 Å². The van der Waals surface area contributed by atoms with Crippen molar-refractivity contribution in [2.24, 2.45) is 5.92 Å². The Labute approximate surface area is 160 Å². The van der Waals surface area contributed by atoms with Gasteiger partial charge in [-0.05, 0) is 82.4 Å². The van der Waals surface area contributed by atoms with Gasteiger partial charge in [-0.1, -0.05) is 6.07 Å². The monoisotopic (exact) mass is 361 g/mol. The molecule has 5 nitrogen and oxygen atoms in total. The second-order valence-corrected chi connectivity index (χ2v) is 8.22. The molecule has 2 atom stereocenters. The Morgan fingerprint density at radius 1 is 1.07 bits per heavy atom. The first kappa shape index (κ1) is 16.8. The summed E-state index contributed by atoms with van der Waals surface area (Å²) in [7, 11) is 0. The molecule has 5 heteroatoms. The van der Waals surface area contributed by atoms with Crippen LogP contribution in [0, 0.1) is 19.8 Å². The van der Waals surface area contributed by atoms with E-state index in [4.69, 9.17) is 0 Å². The van der Waals surface area contributed by atoms with E-state index in [1.165, 1.54) is 48.1 Å². The molecule has 0 spiro atoms. The van der Waals surface area contributed by atoms with Gasteiger partial charge in [0.05, 0.1) is 5.69 Å². The van der Waals surface area contributed by atoms with Crippen LogP contribution in [-0.2, 0) is 0 Å². The van der Waals surface area contributed by atoms with Crippen LogP contribution in [0.15, 0.2) is 30.3 Å². The van der Waals surface area contributed by atoms with Gasteiger partial charge in [-0.3, -0.25) is 4.90 Å². The predicted molar refractivity (Wildman–Crippen MR) is 110 cm³/mol. The number of hydrogen-bond donors (Lipinski definition) is 2. The van der Waals surface area contributed by atoms with Gasteiger partial charge in [-0.15, -0.1) is 10.2 Å². The van der Waals surface area contributed by atoms with Crippen LogP contribution in [0.25, 0.3) is 22.2 Å². The normalized spacial score (nSPS) is 27.2. The Morgan fingerprint density at radius 2 is 1.89 bits per heavy atom. The number of hydrogen-bond acceptors (Lipinski definition) is 4. The van der Waals surface area contributed by atoms with Crippen molar-refractivity contribution in [3.8, 4) is 11.3 Å². The van der Waals surface area contributed by atoms with Gasteiger partial charge in [-0.2, -0.15) is 0 Å². The second-order valence-electron chi connectivity index (χ2n) is 8.22. The number of anilines is 1. The summed E-state index contributed by atoms with van der Waals surface area (Å²) in [4.78, 5) is 6.02. The van der Waals surface area contributed by atoms with E-state index in [1.54, 1.807) is 0 Å². The number of nitrogens with one attached hydrogen (secondary N) is 2. The minimum absolute atomic E-state index is 0.481. The topological polar surface area (TPSA) is 56.8 Å². The van der Waals surface area contributed by atoms with E-state index in [0.717, 1.165) is 23.0 Å². The van der Waals surface area contributed by atoms with Crippen molar-refractivity contribution in [2.75, 3.05) is 18.4 Å². The zero-order chi connectivity index (χ0) is 18.5. The first-order chi connectivity index (χ1) is 13.1. The third-order valence-corrected chi connectivity index (χ3v) is 6.76. The molecule has 3 aromatic rings. The molecule has 0 aliphatic carbocycles. The Balaban J connectivity index is 1.38. The summed E-state index contributed by atoms with van der Waals surface area (Å²) in [6, 6.07) is 11.7. The van der Waals surface area contributed by atoms with Crippen molar-refractivity contribution in [1.82, 2.24) is 20.1 Å². The lowest BCUT2D eigenvalue weighted by atomic mass is 9.79. The lowest BCUT2D eigenvalue weighted by Crippen LogP contribution is -2.59. The Kier molecular flexibility index (Phi) is 3.93. The molecule has 0 amide bonds. The molecule has 3 aliphatic rings. The zero-order valence-electron chi connectivity index (χ0n) is 16.3. The summed E-state index contributed by atoms with van der Waals surface area (Å²) < 4.78 is 0. The highest BCUT2D eigenvalue weighted by Crippen LogP contribution is 2.34. The molecule has 3 saturated heterocycles. The van der Waals surface area contributed by atoms with Gasteiger partial charge < -0.3 is 10.3 Å². The lowest BCUT2D eigenvalue weighted by molar-refractivity contribution is 0.0457. The van der Waals surface area contributed by atoms with Crippen LogP contribution in [0.1, 0.15) is 31.0 Å². The van der Waals surface area contributed by atoms with E-state index in [2.05, 4.69) is 76.5 Å². The third kappa shape index (κ3) is 2.81. The average molecular weight is 361 g/mol. The van der Waals surface area contributed by atoms with E-state index < -0.39 is 0 Å². The molecule has 2 unspecified atom stereocenters. The van der Waals surface area contributed by atoms with Crippen LogP contribution in [0.4, 0.5) is 5.82 Å². The molecular formula is C22H27N5. The molecule has 2 aromatic heterocycles. The predicted octanol–water partition coefficient (Wildman–Crippen LogP) is 4.14. The fraction of sp³-hybridized carbons (Fsp3) is 0.455. The summed E-state index contributed by atoms with van der Waals surface area (Å²) in [6.45, 7) is 9.10. The lowest BCUT2D eigenvalue weighted by Gasteiger charge is -2.50. The van der Waals surface area contributed by atoms with E-state index in [9.17, 15) is 0 Å². The fourth-order valence-corrected chi connectivity index (χ4v) is 4.90. The highest BCUT2D eigenvalue weighted by molar-refractivity contribution is 5.88. The summed E-state index contributed by atoms with van der Waals surface area (Å²) in [5.74, 6) is 1.65. The van der Waals surface area contributed by atoms with Crippen LogP contribution in [0.3, 0.4) is 0 Å². The minimum atomic E-state index is 0.481. The van der Waals surface area contributed by atoms with Crippen molar-refractivity contribution in [2.45, 2.75) is 45.7 Å². The van der Waals surface area contributed by atoms with Gasteiger partial charge in [0.2, 0.25) is 0 Å². The Hall–Kier alpha value is -2.40. The molecule has 0 saturated carbocycles. The fourth-order valence-electron chi connectivity index (χ4n) is 4.90. The largest absolute Gasteiger partial charge is 0.364 e. The number of aromatic nitrogens is 3. The quantitative estimate of drug-likeness (QED) is 0.736.